The number of carbonyl (C=O) groups is 1. The van der Waals surface area contributed by atoms with Crippen LogP contribution >= 0.6 is 34.9 Å². The summed E-state index contributed by atoms with van der Waals surface area (Å²) in [6.07, 6.45) is 0.770. The number of benzene rings is 1. The highest BCUT2D eigenvalue weighted by Crippen LogP contribution is 2.32. The van der Waals surface area contributed by atoms with E-state index in [1.54, 1.807) is 23.5 Å². The average Bonchev–Trinajstić information content (AvgIpc) is 3.23. The Hall–Kier alpha value is -1.31. The molecule has 1 amide bonds. The van der Waals surface area contributed by atoms with E-state index in [1.807, 2.05) is 44.2 Å². The van der Waals surface area contributed by atoms with E-state index in [-0.39, 0.29) is 11.2 Å². The molecule has 0 bridgehead atoms. The largest absolute Gasteiger partial charge is 0.301 e. The summed E-state index contributed by atoms with van der Waals surface area (Å²) in [4.78, 5) is 22.7. The quantitative estimate of drug-likeness (QED) is 0.822. The van der Waals surface area contributed by atoms with Crippen LogP contribution in [0.3, 0.4) is 0 Å². The van der Waals surface area contributed by atoms with E-state index < -0.39 is 0 Å². The highest BCUT2D eigenvalue weighted by atomic mass is 32.2. The maximum Gasteiger partial charge on any atom is 0.239 e. The van der Waals surface area contributed by atoms with Crippen molar-refractivity contribution in [2.45, 2.75) is 25.5 Å². The number of aliphatic imine (C=N–C) groups is 1. The molecule has 0 fully saturated rings. The van der Waals surface area contributed by atoms with E-state index >= 15 is 0 Å². The third kappa shape index (κ3) is 4.20. The van der Waals surface area contributed by atoms with Gasteiger partial charge in [-0.3, -0.25) is 9.79 Å². The normalized spacial score (nSPS) is 15.2. The van der Waals surface area contributed by atoms with Crippen molar-refractivity contribution in [3.05, 3.63) is 35.2 Å². The molecule has 1 aliphatic heterocycles. The number of thiazole rings is 1. The zero-order valence-corrected chi connectivity index (χ0v) is 16.1. The molecule has 24 heavy (non-hydrogen) atoms. The number of aromatic nitrogens is 1. The molecule has 126 valence electrons. The lowest BCUT2D eigenvalue weighted by Crippen LogP contribution is -2.25. The lowest BCUT2D eigenvalue weighted by molar-refractivity contribution is -0.115. The van der Waals surface area contributed by atoms with Crippen LogP contribution in [0.2, 0.25) is 0 Å². The summed E-state index contributed by atoms with van der Waals surface area (Å²) in [5, 5.41) is 3.52. The Morgan fingerprint density at radius 2 is 2.17 bits per heavy atom. The molecule has 0 radical (unpaired) electrons. The maximum atomic E-state index is 12.6. The number of thioether (sulfide) groups is 2. The van der Waals surface area contributed by atoms with Crippen LogP contribution in [0.5, 0.6) is 0 Å². The number of aryl methyl sites for hydroxylation is 1. The number of hydrogen-bond acceptors (Lipinski definition) is 6. The molecule has 0 saturated heterocycles. The zero-order valence-electron chi connectivity index (χ0n) is 13.6. The van der Waals surface area contributed by atoms with Crippen molar-refractivity contribution in [1.82, 2.24) is 4.98 Å². The van der Waals surface area contributed by atoms with Crippen molar-refractivity contribution in [2.75, 3.05) is 17.6 Å². The Kier molecular flexibility index (Phi) is 5.97. The van der Waals surface area contributed by atoms with Gasteiger partial charge in [-0.05, 0) is 13.3 Å². The van der Waals surface area contributed by atoms with Crippen LogP contribution in [0.1, 0.15) is 18.2 Å². The first-order valence-corrected chi connectivity index (χ1v) is 10.5. The fourth-order valence-electron chi connectivity index (χ4n) is 2.33. The lowest BCUT2D eigenvalue weighted by Gasteiger charge is -2.12. The number of hydrogen-bond donors (Lipinski definition) is 1. The van der Waals surface area contributed by atoms with E-state index in [2.05, 4.69) is 15.3 Å². The summed E-state index contributed by atoms with van der Waals surface area (Å²) in [6.45, 7) is 4.92. The number of anilines is 1. The second-order valence-corrected chi connectivity index (χ2v) is 9.03. The van der Waals surface area contributed by atoms with Crippen LogP contribution in [-0.2, 0) is 4.79 Å². The standard InChI is InChI=1S/C17H19N3OS3/c1-3-13(24-17-18-9-10-22-17)15(21)20-16-19-14(11(2)23-16)12-7-5-4-6-8-12/h4-8,13H,3,9-10H2,1-2H3,(H,19,20,21)/t13-/m0/s1. The zero-order chi connectivity index (χ0) is 16.9. The number of amides is 1. The van der Waals surface area contributed by atoms with Crippen molar-refractivity contribution in [1.29, 1.82) is 0 Å². The predicted octanol–water partition coefficient (Wildman–Crippen LogP) is 4.67. The second-order valence-electron chi connectivity index (χ2n) is 5.29. The van der Waals surface area contributed by atoms with Gasteiger partial charge in [0.25, 0.3) is 0 Å². The molecule has 0 saturated carbocycles. The van der Waals surface area contributed by atoms with Crippen LogP contribution in [0.25, 0.3) is 11.3 Å². The van der Waals surface area contributed by atoms with E-state index in [4.69, 9.17) is 0 Å². The van der Waals surface area contributed by atoms with E-state index in [9.17, 15) is 4.79 Å². The van der Waals surface area contributed by atoms with Gasteiger partial charge in [-0.15, -0.1) is 11.3 Å². The monoisotopic (exact) mass is 377 g/mol. The van der Waals surface area contributed by atoms with Gasteiger partial charge in [-0.25, -0.2) is 4.98 Å². The van der Waals surface area contributed by atoms with Crippen molar-refractivity contribution in [2.24, 2.45) is 4.99 Å². The Labute approximate surface area is 154 Å². The maximum absolute atomic E-state index is 12.6. The van der Waals surface area contributed by atoms with E-state index in [1.165, 1.54) is 11.3 Å². The number of nitrogens with zero attached hydrogens (tertiary/aromatic N) is 2. The summed E-state index contributed by atoms with van der Waals surface area (Å²) in [5.41, 5.74) is 2.01. The van der Waals surface area contributed by atoms with Crippen LogP contribution in [0.15, 0.2) is 35.3 Å². The molecular weight excluding hydrogens is 358 g/mol. The van der Waals surface area contributed by atoms with Crippen molar-refractivity contribution in [3.8, 4) is 11.3 Å². The van der Waals surface area contributed by atoms with Gasteiger partial charge in [0, 0.05) is 16.2 Å². The topological polar surface area (TPSA) is 54.4 Å². The van der Waals surface area contributed by atoms with Crippen molar-refractivity contribution >= 4 is 50.3 Å². The van der Waals surface area contributed by atoms with Crippen molar-refractivity contribution in [3.63, 3.8) is 0 Å². The Bertz CT molecular complexity index is 743. The molecule has 1 aromatic carbocycles. The summed E-state index contributed by atoms with van der Waals surface area (Å²) >= 11 is 4.82. The molecule has 0 spiro atoms. The molecule has 0 unspecified atom stereocenters. The van der Waals surface area contributed by atoms with Crippen LogP contribution in [-0.4, -0.2) is 32.8 Å². The van der Waals surface area contributed by atoms with Gasteiger partial charge < -0.3 is 5.32 Å². The Morgan fingerprint density at radius 1 is 1.38 bits per heavy atom. The highest BCUT2D eigenvalue weighted by Gasteiger charge is 2.23. The van der Waals surface area contributed by atoms with Gasteiger partial charge >= 0.3 is 0 Å². The van der Waals surface area contributed by atoms with Crippen LogP contribution in [0.4, 0.5) is 5.13 Å². The molecule has 1 aromatic heterocycles. The molecule has 4 nitrogen and oxygen atoms in total. The van der Waals surface area contributed by atoms with Gasteiger partial charge in [0.2, 0.25) is 5.91 Å². The summed E-state index contributed by atoms with van der Waals surface area (Å²) in [7, 11) is 0. The summed E-state index contributed by atoms with van der Waals surface area (Å²) in [6, 6.07) is 10.1. The Balaban J connectivity index is 1.70. The van der Waals surface area contributed by atoms with E-state index in [0.717, 1.165) is 39.2 Å². The first-order valence-electron chi connectivity index (χ1n) is 7.85. The molecule has 0 aliphatic carbocycles. The number of rotatable bonds is 5. The lowest BCUT2D eigenvalue weighted by atomic mass is 10.1. The predicted molar refractivity (Wildman–Crippen MR) is 107 cm³/mol. The van der Waals surface area contributed by atoms with Gasteiger partial charge in [-0.2, -0.15) is 0 Å². The van der Waals surface area contributed by atoms with Gasteiger partial charge in [-0.1, -0.05) is 60.8 Å². The minimum atomic E-state index is -0.126. The van der Waals surface area contributed by atoms with Crippen LogP contribution in [0, 0.1) is 6.92 Å². The molecule has 1 N–H and O–H groups in total. The van der Waals surface area contributed by atoms with Crippen molar-refractivity contribution < 1.29 is 4.79 Å². The number of nitrogens with one attached hydrogen (secondary N) is 1. The molecule has 1 aliphatic rings. The summed E-state index contributed by atoms with van der Waals surface area (Å²) in [5.74, 6) is 1.03. The first kappa shape index (κ1) is 17.5. The highest BCUT2D eigenvalue weighted by molar-refractivity contribution is 8.39. The molecular formula is C17H19N3OS3. The fourth-order valence-corrected chi connectivity index (χ4v) is 5.32. The van der Waals surface area contributed by atoms with Crippen LogP contribution < -0.4 is 5.32 Å². The second kappa shape index (κ2) is 8.18. The Morgan fingerprint density at radius 3 is 2.83 bits per heavy atom. The molecule has 7 heteroatoms. The van der Waals surface area contributed by atoms with E-state index in [0.29, 0.717) is 5.13 Å². The molecule has 3 rings (SSSR count). The molecule has 1 atom stereocenters. The third-order valence-corrected chi connectivity index (χ3v) is 6.99. The first-order chi connectivity index (χ1) is 11.7. The summed E-state index contributed by atoms with van der Waals surface area (Å²) < 4.78 is 1.03. The molecule has 2 heterocycles. The minimum absolute atomic E-state index is 0.00561. The van der Waals surface area contributed by atoms with Gasteiger partial charge in [0.1, 0.15) is 4.38 Å². The molecule has 2 aromatic rings. The third-order valence-electron chi connectivity index (χ3n) is 3.54. The number of carbonyl (C=O) groups excluding carboxylic acids is 1. The van der Waals surface area contributed by atoms with Gasteiger partial charge in [0.15, 0.2) is 5.13 Å². The fraction of sp³-hybridized carbons (Fsp3) is 0.353. The smallest absolute Gasteiger partial charge is 0.239 e. The average molecular weight is 378 g/mol. The van der Waals surface area contributed by atoms with Gasteiger partial charge in [0.05, 0.1) is 17.5 Å². The minimum Gasteiger partial charge on any atom is -0.301 e. The SMILES string of the molecule is CC[C@H](SC1=NCCS1)C(=O)Nc1nc(-c2ccccc2)c(C)s1.